The van der Waals surface area contributed by atoms with Gasteiger partial charge in [0.2, 0.25) is 5.91 Å². The fourth-order valence-electron chi connectivity index (χ4n) is 2.73. The van der Waals surface area contributed by atoms with Gasteiger partial charge >= 0.3 is 0 Å². The van der Waals surface area contributed by atoms with E-state index < -0.39 is 21.1 Å². The maximum absolute atomic E-state index is 11.3. The second-order valence-electron chi connectivity index (χ2n) is 5.84. The number of ether oxygens (including phenoxy) is 1. The van der Waals surface area contributed by atoms with Gasteiger partial charge < -0.3 is 10.1 Å². The van der Waals surface area contributed by atoms with E-state index in [4.69, 9.17) is 9.29 Å². The second-order valence-corrected chi connectivity index (χ2v) is 7.23. The van der Waals surface area contributed by atoms with Crippen LogP contribution in [0.15, 0.2) is 22.6 Å². The van der Waals surface area contributed by atoms with Gasteiger partial charge in [0, 0.05) is 12.0 Å². The van der Waals surface area contributed by atoms with Gasteiger partial charge in [-0.05, 0) is 26.3 Å². The van der Waals surface area contributed by atoms with Crippen molar-refractivity contribution in [3.8, 4) is 0 Å². The molecule has 1 amide bonds. The average Bonchev–Trinajstić information content (AvgIpc) is 2.31. The summed E-state index contributed by atoms with van der Waals surface area (Å²) < 4.78 is 37.4. The smallest absolute Gasteiger partial charge is 0.294 e. The number of carbonyl (C=O) groups is 1. The first-order valence-corrected chi connectivity index (χ1v) is 7.79. The van der Waals surface area contributed by atoms with E-state index in [1.54, 1.807) is 13.0 Å². The summed E-state index contributed by atoms with van der Waals surface area (Å²) >= 11 is 0. The Morgan fingerprint density at radius 3 is 2.50 bits per heavy atom. The van der Waals surface area contributed by atoms with E-state index in [-0.39, 0.29) is 17.4 Å². The number of nitrogens with one attached hydrogen (secondary N) is 1. The van der Waals surface area contributed by atoms with Crippen LogP contribution in [0.2, 0.25) is 0 Å². The van der Waals surface area contributed by atoms with Gasteiger partial charge in [-0.3, -0.25) is 9.35 Å². The molecule has 1 aliphatic heterocycles. The monoisotopic (exact) mass is 301 g/mol. The van der Waals surface area contributed by atoms with Crippen molar-refractivity contribution in [1.29, 1.82) is 0 Å². The third-order valence-corrected chi connectivity index (χ3v) is 5.33. The first-order chi connectivity index (χ1) is 9.07. The van der Waals surface area contributed by atoms with Gasteiger partial charge in [-0.1, -0.05) is 18.6 Å². The lowest BCUT2D eigenvalue weighted by Crippen LogP contribution is -2.58. The molecule has 0 saturated carbocycles. The van der Waals surface area contributed by atoms with Crippen LogP contribution in [-0.4, -0.2) is 37.6 Å². The minimum Gasteiger partial charge on any atom is -0.363 e. The van der Waals surface area contributed by atoms with Crippen LogP contribution in [0.25, 0.3) is 0 Å². The summed E-state index contributed by atoms with van der Waals surface area (Å²) in [7, 11) is -4.20. The summed E-state index contributed by atoms with van der Waals surface area (Å²) in [4.78, 5) is 11.2. The molecule has 2 atom stereocenters. The topological polar surface area (TPSA) is 92.7 Å². The van der Waals surface area contributed by atoms with Crippen LogP contribution >= 0.6 is 0 Å². The van der Waals surface area contributed by atoms with E-state index in [0.29, 0.717) is 18.5 Å². The molecule has 0 spiro atoms. The standard InChI is InChI=1S/C13H19NO5S/c1-9-6-12(2,5-4-10(9)20(16,17)18)13(3)8-14-11(15)7-19-13/h4-5H,6-8H2,1-3H3,(H,14,15)(H,16,17,18)/t12-,13?/m1/s1. The first-order valence-electron chi connectivity index (χ1n) is 6.35. The number of carbonyl (C=O) groups excluding carboxylic acids is 1. The summed E-state index contributed by atoms with van der Waals surface area (Å²) in [6.45, 7) is 5.87. The molecule has 1 fully saturated rings. The number of hydrogen-bond acceptors (Lipinski definition) is 4. The molecule has 20 heavy (non-hydrogen) atoms. The van der Waals surface area contributed by atoms with E-state index in [1.807, 2.05) is 13.8 Å². The highest BCUT2D eigenvalue weighted by atomic mass is 32.2. The van der Waals surface area contributed by atoms with Crippen molar-refractivity contribution >= 4 is 16.0 Å². The summed E-state index contributed by atoms with van der Waals surface area (Å²) in [6.07, 6.45) is 3.59. The number of rotatable bonds is 2. The van der Waals surface area contributed by atoms with Crippen LogP contribution in [-0.2, 0) is 19.6 Å². The molecule has 0 radical (unpaired) electrons. The van der Waals surface area contributed by atoms with Crippen LogP contribution < -0.4 is 5.32 Å². The van der Waals surface area contributed by atoms with Crippen molar-refractivity contribution < 1.29 is 22.5 Å². The number of morpholine rings is 1. The third kappa shape index (κ3) is 2.53. The zero-order chi connectivity index (χ0) is 15.2. The minimum absolute atomic E-state index is 0.00610. The van der Waals surface area contributed by atoms with Gasteiger partial charge in [0.15, 0.2) is 0 Å². The van der Waals surface area contributed by atoms with Crippen LogP contribution in [0, 0.1) is 5.41 Å². The van der Waals surface area contributed by atoms with Gasteiger partial charge in [0.25, 0.3) is 10.1 Å². The van der Waals surface area contributed by atoms with Gasteiger partial charge in [0.05, 0.1) is 10.5 Å². The quantitative estimate of drug-likeness (QED) is 0.743. The molecule has 7 heteroatoms. The normalized spacial score (nSPS) is 35.1. The second kappa shape index (κ2) is 4.68. The van der Waals surface area contributed by atoms with Crippen molar-refractivity contribution in [1.82, 2.24) is 5.32 Å². The van der Waals surface area contributed by atoms with Gasteiger partial charge in [-0.2, -0.15) is 8.42 Å². The summed E-state index contributed by atoms with van der Waals surface area (Å²) in [5, 5.41) is 2.77. The zero-order valence-corrected chi connectivity index (χ0v) is 12.6. The minimum atomic E-state index is -4.20. The Labute approximate surface area is 118 Å². The third-order valence-electron chi connectivity index (χ3n) is 4.29. The van der Waals surface area contributed by atoms with E-state index in [1.165, 1.54) is 6.08 Å². The highest BCUT2D eigenvalue weighted by Crippen LogP contribution is 2.45. The molecule has 0 aromatic rings. The summed E-state index contributed by atoms with van der Waals surface area (Å²) in [5.74, 6) is -0.156. The molecular formula is C13H19NO5S. The van der Waals surface area contributed by atoms with Crippen molar-refractivity contribution in [2.75, 3.05) is 13.2 Å². The highest BCUT2D eigenvalue weighted by Gasteiger charge is 2.48. The van der Waals surface area contributed by atoms with E-state index in [9.17, 15) is 13.2 Å². The largest absolute Gasteiger partial charge is 0.363 e. The van der Waals surface area contributed by atoms with Gasteiger partial charge in [-0.25, -0.2) is 0 Å². The Kier molecular flexibility index (Phi) is 3.56. The van der Waals surface area contributed by atoms with Crippen LogP contribution in [0.3, 0.4) is 0 Å². The lowest BCUT2D eigenvalue weighted by molar-refractivity contribution is -0.155. The molecule has 0 aromatic carbocycles. The highest BCUT2D eigenvalue weighted by molar-refractivity contribution is 7.90. The fourth-order valence-corrected chi connectivity index (χ4v) is 3.48. The Balaban J connectivity index is 2.30. The first kappa shape index (κ1) is 15.2. The van der Waals surface area contributed by atoms with Crippen molar-refractivity contribution in [3.63, 3.8) is 0 Å². The molecule has 1 aliphatic carbocycles. The molecule has 0 aromatic heterocycles. The maximum Gasteiger partial charge on any atom is 0.294 e. The lowest BCUT2D eigenvalue weighted by Gasteiger charge is -2.48. The van der Waals surface area contributed by atoms with Gasteiger partial charge in [-0.15, -0.1) is 0 Å². The molecule has 2 rings (SSSR count). The number of hydrogen-bond donors (Lipinski definition) is 2. The Bertz CT molecular complexity index is 594. The summed E-state index contributed by atoms with van der Waals surface area (Å²) in [5.41, 5.74) is -0.498. The van der Waals surface area contributed by atoms with Crippen LogP contribution in [0.5, 0.6) is 0 Å². The van der Waals surface area contributed by atoms with E-state index in [0.717, 1.165) is 0 Å². The molecular weight excluding hydrogens is 282 g/mol. The Hall–Kier alpha value is -1.18. The molecule has 112 valence electrons. The molecule has 6 nitrogen and oxygen atoms in total. The zero-order valence-electron chi connectivity index (χ0n) is 11.8. The van der Waals surface area contributed by atoms with Crippen LogP contribution in [0.4, 0.5) is 0 Å². The predicted octanol–water partition coefficient (Wildman–Crippen LogP) is 1.02. The summed E-state index contributed by atoms with van der Waals surface area (Å²) in [6, 6.07) is 0. The SMILES string of the molecule is CC1=C(S(=O)(=O)O)C=C[C@@](C)(C2(C)CNC(=O)CO2)C1. The lowest BCUT2D eigenvalue weighted by atomic mass is 9.68. The number of amides is 1. The molecule has 1 saturated heterocycles. The molecule has 1 unspecified atom stereocenters. The van der Waals surface area contributed by atoms with E-state index >= 15 is 0 Å². The molecule has 2 N–H and O–H groups in total. The van der Waals surface area contributed by atoms with Crippen molar-refractivity contribution in [2.24, 2.45) is 5.41 Å². The molecule has 0 bridgehead atoms. The average molecular weight is 301 g/mol. The van der Waals surface area contributed by atoms with Crippen molar-refractivity contribution in [3.05, 3.63) is 22.6 Å². The van der Waals surface area contributed by atoms with Crippen molar-refractivity contribution in [2.45, 2.75) is 32.8 Å². The van der Waals surface area contributed by atoms with Crippen LogP contribution in [0.1, 0.15) is 27.2 Å². The Morgan fingerprint density at radius 2 is 2.05 bits per heavy atom. The maximum atomic E-state index is 11.3. The molecule has 2 aliphatic rings. The van der Waals surface area contributed by atoms with Gasteiger partial charge in [0.1, 0.15) is 6.61 Å². The van der Waals surface area contributed by atoms with E-state index in [2.05, 4.69) is 5.32 Å². The number of allylic oxidation sites excluding steroid dienone is 2. The Morgan fingerprint density at radius 1 is 1.40 bits per heavy atom. The predicted molar refractivity (Wildman–Crippen MR) is 73.5 cm³/mol. The molecule has 1 heterocycles. The fraction of sp³-hybridized carbons (Fsp3) is 0.615.